The number of rotatable bonds is 6. The first-order valence-corrected chi connectivity index (χ1v) is 10.6. The quantitative estimate of drug-likeness (QED) is 0.644. The van der Waals surface area contributed by atoms with Gasteiger partial charge >= 0.3 is 0 Å². The highest BCUT2D eigenvalue weighted by molar-refractivity contribution is 6.06. The molecule has 0 bridgehead atoms. The summed E-state index contributed by atoms with van der Waals surface area (Å²) in [7, 11) is 0. The number of carbonyl (C=O) groups excluding carboxylic acids is 1. The van der Waals surface area contributed by atoms with Crippen LogP contribution in [0, 0.1) is 11.3 Å². The van der Waals surface area contributed by atoms with Gasteiger partial charge in [-0.2, -0.15) is 10.4 Å². The van der Waals surface area contributed by atoms with E-state index in [1.165, 1.54) is 19.3 Å². The van der Waals surface area contributed by atoms with Crippen LogP contribution in [0.1, 0.15) is 61.0 Å². The molecule has 0 saturated heterocycles. The summed E-state index contributed by atoms with van der Waals surface area (Å²) in [6.45, 7) is 2.72. The van der Waals surface area contributed by atoms with Gasteiger partial charge in [0.15, 0.2) is 5.65 Å². The molecule has 1 aliphatic rings. The Hall–Kier alpha value is -3.40. The van der Waals surface area contributed by atoms with Gasteiger partial charge in [0, 0.05) is 18.8 Å². The smallest absolute Gasteiger partial charge is 0.256 e. The number of aromatic nitrogens is 3. The molecule has 0 spiro atoms. The van der Waals surface area contributed by atoms with Crippen molar-refractivity contribution in [1.82, 2.24) is 20.1 Å². The van der Waals surface area contributed by atoms with Crippen molar-refractivity contribution in [1.29, 1.82) is 5.26 Å². The van der Waals surface area contributed by atoms with Crippen LogP contribution >= 0.6 is 0 Å². The van der Waals surface area contributed by atoms with E-state index >= 15 is 0 Å². The van der Waals surface area contributed by atoms with E-state index in [0.717, 1.165) is 35.1 Å². The second kappa shape index (κ2) is 8.95. The molecular formula is C23H26N6O. The van der Waals surface area contributed by atoms with Crippen LogP contribution in [-0.2, 0) is 6.54 Å². The van der Waals surface area contributed by atoms with Crippen molar-refractivity contribution in [3.8, 4) is 6.07 Å². The van der Waals surface area contributed by atoms with Crippen LogP contribution in [0.2, 0.25) is 0 Å². The van der Waals surface area contributed by atoms with Crippen molar-refractivity contribution >= 4 is 22.6 Å². The fourth-order valence-corrected chi connectivity index (χ4v) is 4.08. The molecule has 30 heavy (non-hydrogen) atoms. The molecule has 2 heterocycles. The van der Waals surface area contributed by atoms with Gasteiger partial charge in [-0.3, -0.25) is 4.79 Å². The first-order valence-electron chi connectivity index (χ1n) is 10.6. The van der Waals surface area contributed by atoms with Gasteiger partial charge in [0.2, 0.25) is 0 Å². The normalized spacial score (nSPS) is 15.5. The van der Waals surface area contributed by atoms with Crippen molar-refractivity contribution in [2.45, 2.75) is 57.7 Å². The molecule has 0 radical (unpaired) electrons. The Morgan fingerprint density at radius 2 is 2.00 bits per heavy atom. The van der Waals surface area contributed by atoms with Crippen LogP contribution in [0.15, 0.2) is 42.7 Å². The number of nitriles is 1. The average molecular weight is 403 g/mol. The first-order chi connectivity index (χ1) is 14.7. The zero-order valence-electron chi connectivity index (χ0n) is 17.1. The highest BCUT2D eigenvalue weighted by Gasteiger charge is 2.23. The SMILES string of the molecule is CCn1ncc2c(NC3CCCCC3)c(C(=O)NC(C#N)c3ccccc3)cnc21. The second-order valence-corrected chi connectivity index (χ2v) is 7.67. The van der Waals surface area contributed by atoms with Crippen LogP contribution in [-0.4, -0.2) is 26.7 Å². The van der Waals surface area contributed by atoms with Gasteiger partial charge in [-0.25, -0.2) is 9.67 Å². The van der Waals surface area contributed by atoms with Gasteiger partial charge in [-0.1, -0.05) is 49.6 Å². The molecule has 7 heteroatoms. The molecule has 0 aliphatic heterocycles. The zero-order valence-corrected chi connectivity index (χ0v) is 17.1. The molecular weight excluding hydrogens is 376 g/mol. The van der Waals surface area contributed by atoms with Gasteiger partial charge in [0.25, 0.3) is 5.91 Å². The summed E-state index contributed by atoms with van der Waals surface area (Å²) in [6, 6.07) is 11.0. The van der Waals surface area contributed by atoms with Crippen molar-refractivity contribution in [3.63, 3.8) is 0 Å². The number of aryl methyl sites for hydroxylation is 1. The zero-order chi connectivity index (χ0) is 20.9. The maximum atomic E-state index is 13.2. The summed E-state index contributed by atoms with van der Waals surface area (Å²) in [6.07, 6.45) is 9.16. The molecule has 1 fully saturated rings. The molecule has 1 aromatic carbocycles. The van der Waals surface area contributed by atoms with Gasteiger partial charge < -0.3 is 10.6 Å². The lowest BCUT2D eigenvalue weighted by molar-refractivity contribution is 0.0945. The molecule has 2 N–H and O–H groups in total. The van der Waals surface area contributed by atoms with Crippen LogP contribution in [0.5, 0.6) is 0 Å². The van der Waals surface area contributed by atoms with E-state index in [1.807, 2.05) is 41.9 Å². The lowest BCUT2D eigenvalue weighted by atomic mass is 9.95. The van der Waals surface area contributed by atoms with E-state index in [2.05, 4.69) is 26.8 Å². The Labute approximate surface area is 176 Å². The number of benzene rings is 1. The van der Waals surface area contributed by atoms with Crippen molar-refractivity contribution < 1.29 is 4.79 Å². The summed E-state index contributed by atoms with van der Waals surface area (Å²) in [5, 5.41) is 21.3. The second-order valence-electron chi connectivity index (χ2n) is 7.67. The van der Waals surface area contributed by atoms with E-state index in [1.54, 1.807) is 12.4 Å². The minimum atomic E-state index is -0.727. The standard InChI is InChI=1S/C23H26N6O/c1-2-29-22-18(15-26-29)21(27-17-11-7-4-8-12-17)19(14-25-22)23(30)28-20(13-24)16-9-5-3-6-10-16/h3,5-6,9-10,14-15,17,20H,2,4,7-8,11-12H2,1H3,(H,25,27)(H,28,30). The van der Waals surface area contributed by atoms with E-state index in [4.69, 9.17) is 0 Å². The Kier molecular flexibility index (Phi) is 5.94. The maximum absolute atomic E-state index is 13.2. The third-order valence-electron chi connectivity index (χ3n) is 5.70. The fraction of sp³-hybridized carbons (Fsp3) is 0.391. The molecule has 4 rings (SSSR count). The molecule has 2 aromatic heterocycles. The summed E-state index contributed by atoms with van der Waals surface area (Å²) in [4.78, 5) is 17.7. The Morgan fingerprint density at radius 3 is 2.70 bits per heavy atom. The number of carbonyl (C=O) groups is 1. The maximum Gasteiger partial charge on any atom is 0.256 e. The molecule has 1 atom stereocenters. The van der Waals surface area contributed by atoms with Gasteiger partial charge in [0.05, 0.1) is 28.9 Å². The topological polar surface area (TPSA) is 95.6 Å². The van der Waals surface area contributed by atoms with E-state index in [0.29, 0.717) is 18.2 Å². The van der Waals surface area contributed by atoms with E-state index < -0.39 is 6.04 Å². The number of nitrogens with zero attached hydrogens (tertiary/aromatic N) is 4. The third-order valence-corrected chi connectivity index (χ3v) is 5.70. The summed E-state index contributed by atoms with van der Waals surface area (Å²) >= 11 is 0. The van der Waals surface area contributed by atoms with Crippen molar-refractivity contribution in [2.24, 2.45) is 0 Å². The minimum absolute atomic E-state index is 0.317. The average Bonchev–Trinajstić information content (AvgIpc) is 3.22. The summed E-state index contributed by atoms with van der Waals surface area (Å²) in [5.41, 5.74) is 2.71. The number of pyridine rings is 1. The molecule has 1 unspecified atom stereocenters. The number of fused-ring (bicyclic) bond motifs is 1. The highest BCUT2D eigenvalue weighted by atomic mass is 16.1. The molecule has 1 aliphatic carbocycles. The predicted molar refractivity (Wildman–Crippen MR) is 116 cm³/mol. The molecule has 3 aromatic rings. The fourth-order valence-electron chi connectivity index (χ4n) is 4.08. The molecule has 7 nitrogen and oxygen atoms in total. The number of hydrogen-bond donors (Lipinski definition) is 2. The third kappa shape index (κ3) is 3.99. The number of nitrogens with one attached hydrogen (secondary N) is 2. The van der Waals surface area contributed by atoms with Crippen LogP contribution < -0.4 is 10.6 Å². The van der Waals surface area contributed by atoms with Gasteiger partial charge in [0.1, 0.15) is 6.04 Å². The first kappa shape index (κ1) is 19.9. The van der Waals surface area contributed by atoms with Gasteiger partial charge in [-0.15, -0.1) is 0 Å². The summed E-state index contributed by atoms with van der Waals surface area (Å²) < 4.78 is 1.82. The van der Waals surface area contributed by atoms with Crippen LogP contribution in [0.25, 0.3) is 11.0 Å². The van der Waals surface area contributed by atoms with Crippen molar-refractivity contribution in [3.05, 3.63) is 53.9 Å². The van der Waals surface area contributed by atoms with E-state index in [-0.39, 0.29) is 5.91 Å². The van der Waals surface area contributed by atoms with Crippen LogP contribution in [0.3, 0.4) is 0 Å². The van der Waals surface area contributed by atoms with Gasteiger partial charge in [-0.05, 0) is 25.3 Å². The number of anilines is 1. The lowest BCUT2D eigenvalue weighted by Gasteiger charge is -2.25. The molecule has 1 saturated carbocycles. The number of hydrogen-bond acceptors (Lipinski definition) is 5. The van der Waals surface area contributed by atoms with Crippen LogP contribution in [0.4, 0.5) is 5.69 Å². The molecule has 1 amide bonds. The predicted octanol–water partition coefficient (Wildman–Crippen LogP) is 4.19. The molecule has 154 valence electrons. The Bertz CT molecular complexity index is 1060. The highest BCUT2D eigenvalue weighted by Crippen LogP contribution is 2.30. The lowest BCUT2D eigenvalue weighted by Crippen LogP contribution is -2.30. The Morgan fingerprint density at radius 1 is 1.23 bits per heavy atom. The van der Waals surface area contributed by atoms with E-state index in [9.17, 15) is 10.1 Å². The Balaban J connectivity index is 1.69. The monoisotopic (exact) mass is 402 g/mol. The number of amides is 1. The largest absolute Gasteiger partial charge is 0.381 e. The minimum Gasteiger partial charge on any atom is -0.381 e. The van der Waals surface area contributed by atoms with Crippen molar-refractivity contribution in [2.75, 3.05) is 5.32 Å². The summed E-state index contributed by atoms with van der Waals surface area (Å²) in [5.74, 6) is -0.317.